The molecule has 0 unspecified atom stereocenters. The highest BCUT2D eigenvalue weighted by Crippen LogP contribution is 2.22. The average molecular weight is 309 g/mol. The first-order chi connectivity index (χ1) is 10.6. The second-order valence-corrected chi connectivity index (χ2v) is 6.79. The monoisotopic (exact) mass is 309 g/mol. The van der Waals surface area contributed by atoms with Gasteiger partial charge in [-0.15, -0.1) is 0 Å². The highest BCUT2D eigenvalue weighted by atomic mass is 16.2. The van der Waals surface area contributed by atoms with Crippen molar-refractivity contribution >= 4 is 11.8 Å². The number of amides is 2. The van der Waals surface area contributed by atoms with Crippen LogP contribution in [0.1, 0.15) is 51.9 Å². The fraction of sp³-hybridized carbons (Fsp3) is 0.882. The summed E-state index contributed by atoms with van der Waals surface area (Å²) < 4.78 is 0. The second-order valence-electron chi connectivity index (χ2n) is 6.79. The van der Waals surface area contributed by atoms with E-state index in [4.69, 9.17) is 0 Å². The van der Waals surface area contributed by atoms with E-state index in [1.54, 1.807) is 6.92 Å². The number of piperazine rings is 1. The fourth-order valence-electron chi connectivity index (χ4n) is 3.60. The number of rotatable bonds is 4. The standard InChI is InChI=1S/C17H31N3O2/c1-15(21)20(16-7-5-3-4-6-8-16)10-9-17(22)19-13-11-18(2)12-14-19/h16H,3-14H2,1-2H3. The van der Waals surface area contributed by atoms with Crippen LogP contribution in [0.25, 0.3) is 0 Å². The van der Waals surface area contributed by atoms with Gasteiger partial charge in [0.2, 0.25) is 11.8 Å². The minimum atomic E-state index is 0.123. The summed E-state index contributed by atoms with van der Waals surface area (Å²) in [4.78, 5) is 30.5. The predicted molar refractivity (Wildman–Crippen MR) is 87.6 cm³/mol. The van der Waals surface area contributed by atoms with Crippen LogP contribution >= 0.6 is 0 Å². The van der Waals surface area contributed by atoms with Crippen LogP contribution in [-0.4, -0.2) is 72.3 Å². The Morgan fingerprint density at radius 3 is 2.14 bits per heavy atom. The third-order valence-electron chi connectivity index (χ3n) is 5.09. The van der Waals surface area contributed by atoms with E-state index in [1.807, 2.05) is 9.80 Å². The van der Waals surface area contributed by atoms with Crippen molar-refractivity contribution in [2.45, 2.75) is 57.9 Å². The number of hydrogen-bond acceptors (Lipinski definition) is 3. The van der Waals surface area contributed by atoms with Crippen molar-refractivity contribution in [1.82, 2.24) is 14.7 Å². The Hall–Kier alpha value is -1.10. The van der Waals surface area contributed by atoms with Gasteiger partial charge in [0.25, 0.3) is 0 Å². The number of hydrogen-bond donors (Lipinski definition) is 0. The molecule has 0 aromatic heterocycles. The molecule has 126 valence electrons. The summed E-state index contributed by atoms with van der Waals surface area (Å²) in [6, 6.07) is 0.347. The quantitative estimate of drug-likeness (QED) is 0.743. The van der Waals surface area contributed by atoms with Crippen molar-refractivity contribution in [2.75, 3.05) is 39.8 Å². The highest BCUT2D eigenvalue weighted by Gasteiger charge is 2.24. The molecule has 22 heavy (non-hydrogen) atoms. The fourth-order valence-corrected chi connectivity index (χ4v) is 3.60. The first-order valence-corrected chi connectivity index (χ1v) is 8.81. The van der Waals surface area contributed by atoms with Crippen molar-refractivity contribution in [2.24, 2.45) is 0 Å². The van der Waals surface area contributed by atoms with E-state index in [0.29, 0.717) is 19.0 Å². The molecule has 2 amide bonds. The van der Waals surface area contributed by atoms with Gasteiger partial charge in [-0.05, 0) is 19.9 Å². The Bertz CT molecular complexity index is 370. The van der Waals surface area contributed by atoms with Crippen LogP contribution in [0.5, 0.6) is 0 Å². The molecule has 2 aliphatic rings. The molecule has 0 radical (unpaired) electrons. The van der Waals surface area contributed by atoms with Crippen LogP contribution in [-0.2, 0) is 9.59 Å². The van der Waals surface area contributed by atoms with E-state index in [-0.39, 0.29) is 11.8 Å². The maximum absolute atomic E-state index is 12.4. The van der Waals surface area contributed by atoms with Crippen molar-refractivity contribution in [3.05, 3.63) is 0 Å². The largest absolute Gasteiger partial charge is 0.340 e. The molecule has 0 bridgehead atoms. The summed E-state index contributed by atoms with van der Waals surface area (Å²) in [5.41, 5.74) is 0. The maximum atomic E-state index is 12.4. The van der Waals surface area contributed by atoms with E-state index in [1.165, 1.54) is 25.7 Å². The SMILES string of the molecule is CC(=O)N(CCC(=O)N1CCN(C)CC1)C1CCCCCC1. The van der Waals surface area contributed by atoms with Crippen molar-refractivity contribution in [1.29, 1.82) is 0 Å². The molecule has 0 N–H and O–H groups in total. The summed E-state index contributed by atoms with van der Waals surface area (Å²) in [7, 11) is 2.09. The Kier molecular flexibility index (Phi) is 6.68. The van der Waals surface area contributed by atoms with Crippen LogP contribution in [0.2, 0.25) is 0 Å². The molecule has 0 spiro atoms. The van der Waals surface area contributed by atoms with Crippen molar-refractivity contribution in [3.8, 4) is 0 Å². The summed E-state index contributed by atoms with van der Waals surface area (Å²) in [5, 5.41) is 0. The smallest absolute Gasteiger partial charge is 0.224 e. The number of carbonyl (C=O) groups excluding carboxylic acids is 2. The lowest BCUT2D eigenvalue weighted by molar-refractivity contribution is -0.135. The van der Waals surface area contributed by atoms with Gasteiger partial charge in [0.1, 0.15) is 0 Å². The number of nitrogens with zero attached hydrogens (tertiary/aromatic N) is 3. The van der Waals surface area contributed by atoms with Crippen LogP contribution in [0.15, 0.2) is 0 Å². The van der Waals surface area contributed by atoms with Gasteiger partial charge in [-0.1, -0.05) is 25.7 Å². The third kappa shape index (κ3) is 4.97. The Morgan fingerprint density at radius 2 is 1.59 bits per heavy atom. The topological polar surface area (TPSA) is 43.9 Å². The van der Waals surface area contributed by atoms with Gasteiger partial charge < -0.3 is 14.7 Å². The lowest BCUT2D eigenvalue weighted by atomic mass is 10.1. The zero-order valence-corrected chi connectivity index (χ0v) is 14.2. The molecule has 2 rings (SSSR count). The van der Waals surface area contributed by atoms with Crippen LogP contribution in [0.4, 0.5) is 0 Å². The van der Waals surface area contributed by atoms with Gasteiger partial charge in [0, 0.05) is 52.1 Å². The molecule has 0 atom stereocenters. The second kappa shape index (κ2) is 8.51. The van der Waals surface area contributed by atoms with E-state index < -0.39 is 0 Å². The van der Waals surface area contributed by atoms with Gasteiger partial charge in [-0.2, -0.15) is 0 Å². The molecule has 1 saturated heterocycles. The molecule has 0 aromatic rings. The Labute approximate surface area is 134 Å². The molecular weight excluding hydrogens is 278 g/mol. The molecule has 1 aliphatic heterocycles. The average Bonchev–Trinajstić information content (AvgIpc) is 2.77. The first-order valence-electron chi connectivity index (χ1n) is 8.81. The van der Waals surface area contributed by atoms with E-state index >= 15 is 0 Å². The van der Waals surface area contributed by atoms with Gasteiger partial charge in [0.15, 0.2) is 0 Å². The van der Waals surface area contributed by atoms with Gasteiger partial charge >= 0.3 is 0 Å². The van der Waals surface area contributed by atoms with E-state index in [9.17, 15) is 9.59 Å². The van der Waals surface area contributed by atoms with Crippen LogP contribution < -0.4 is 0 Å². The predicted octanol–water partition coefficient (Wildman–Crippen LogP) is 1.72. The molecule has 5 nitrogen and oxygen atoms in total. The zero-order chi connectivity index (χ0) is 15.9. The van der Waals surface area contributed by atoms with Crippen molar-refractivity contribution < 1.29 is 9.59 Å². The van der Waals surface area contributed by atoms with Gasteiger partial charge in [-0.25, -0.2) is 0 Å². The molecule has 1 aliphatic carbocycles. The summed E-state index contributed by atoms with van der Waals surface area (Å²) in [5.74, 6) is 0.325. The summed E-state index contributed by atoms with van der Waals surface area (Å²) in [6.07, 6.45) is 7.65. The van der Waals surface area contributed by atoms with Crippen LogP contribution in [0.3, 0.4) is 0 Å². The minimum Gasteiger partial charge on any atom is -0.340 e. The third-order valence-corrected chi connectivity index (χ3v) is 5.09. The summed E-state index contributed by atoms with van der Waals surface area (Å²) >= 11 is 0. The minimum absolute atomic E-state index is 0.123. The van der Waals surface area contributed by atoms with Gasteiger partial charge in [0.05, 0.1) is 0 Å². The number of likely N-dealkylation sites (N-methyl/N-ethyl adjacent to an activating group) is 1. The van der Waals surface area contributed by atoms with E-state index in [0.717, 1.165) is 39.0 Å². The molecule has 0 aromatic carbocycles. The van der Waals surface area contributed by atoms with Gasteiger partial charge in [-0.3, -0.25) is 9.59 Å². The lowest BCUT2D eigenvalue weighted by Gasteiger charge is -2.34. The summed E-state index contributed by atoms with van der Waals surface area (Å²) in [6.45, 7) is 5.77. The molecule has 1 heterocycles. The first kappa shape index (κ1) is 17.3. The van der Waals surface area contributed by atoms with Crippen LogP contribution in [0, 0.1) is 0 Å². The van der Waals surface area contributed by atoms with E-state index in [2.05, 4.69) is 11.9 Å². The number of carbonyl (C=O) groups is 2. The maximum Gasteiger partial charge on any atom is 0.224 e. The molecule has 5 heteroatoms. The molecular formula is C17H31N3O2. The normalized spacial score (nSPS) is 21.5. The highest BCUT2D eigenvalue weighted by molar-refractivity contribution is 5.78. The Morgan fingerprint density at radius 1 is 1.00 bits per heavy atom. The lowest BCUT2D eigenvalue weighted by Crippen LogP contribution is -2.48. The zero-order valence-electron chi connectivity index (χ0n) is 14.2. The molecule has 2 fully saturated rings. The van der Waals surface area contributed by atoms with Crippen molar-refractivity contribution in [3.63, 3.8) is 0 Å². The Balaban J connectivity index is 1.83. The molecule has 1 saturated carbocycles.